The lowest BCUT2D eigenvalue weighted by Crippen LogP contribution is -2.58. The van der Waals surface area contributed by atoms with Crippen molar-refractivity contribution in [1.82, 2.24) is 0 Å². The van der Waals surface area contributed by atoms with Gasteiger partial charge in [-0.05, 0) is 49.4 Å². The molecule has 1 heterocycles. The number of ketones is 2. The zero-order valence-electron chi connectivity index (χ0n) is 22.1. The minimum atomic E-state index is -1.64. The third-order valence-corrected chi connectivity index (χ3v) is 7.94. The maximum absolute atomic E-state index is 13.8. The summed E-state index contributed by atoms with van der Waals surface area (Å²) in [5, 5.41) is 52.5. The highest BCUT2D eigenvalue weighted by Crippen LogP contribution is 2.48. The Hall–Kier alpha value is -3.35. The Morgan fingerprint density at radius 1 is 0.950 bits per heavy atom. The molecule has 2 aromatic rings. The van der Waals surface area contributed by atoms with Gasteiger partial charge in [0.2, 0.25) is 6.29 Å². The van der Waals surface area contributed by atoms with Crippen molar-refractivity contribution in [2.75, 3.05) is 0 Å². The molecule has 3 aliphatic rings. The average Bonchev–Trinajstić information content (AvgIpc) is 2.92. The molecule has 1 aliphatic heterocycles. The van der Waals surface area contributed by atoms with Crippen molar-refractivity contribution >= 4 is 17.5 Å². The van der Waals surface area contributed by atoms with Crippen molar-refractivity contribution in [3.05, 3.63) is 51.6 Å². The molecule has 0 aromatic heterocycles. The van der Waals surface area contributed by atoms with Gasteiger partial charge in [-0.3, -0.25) is 14.4 Å². The summed E-state index contributed by atoms with van der Waals surface area (Å²) < 4.78 is 16.7. The minimum Gasteiger partial charge on any atom is -0.507 e. The summed E-state index contributed by atoms with van der Waals surface area (Å²) in [5.41, 5.74) is -0.253. The van der Waals surface area contributed by atoms with Crippen molar-refractivity contribution in [3.63, 3.8) is 0 Å². The van der Waals surface area contributed by atoms with Gasteiger partial charge in [-0.1, -0.05) is 19.3 Å². The average molecular weight is 557 g/mol. The SMILES string of the molecule is CC(=O)Oc1cc(CO)c2c(c1)C(=O)c1cc(OC3OC(C)C(O)C(O)C3O)c(C3CCCCC3)c(O)c1C2=O. The first kappa shape index (κ1) is 28.2. The number of benzene rings is 2. The molecule has 0 bridgehead atoms. The van der Waals surface area contributed by atoms with Crippen LogP contribution in [0.3, 0.4) is 0 Å². The molecule has 1 saturated heterocycles. The Balaban J connectivity index is 1.66. The molecular formula is C29H32O11. The highest BCUT2D eigenvalue weighted by atomic mass is 16.7. The van der Waals surface area contributed by atoms with Gasteiger partial charge < -0.3 is 39.7 Å². The van der Waals surface area contributed by atoms with E-state index in [2.05, 4.69) is 0 Å². The fourth-order valence-corrected chi connectivity index (χ4v) is 5.93. The molecule has 0 spiro atoms. The number of carbonyl (C=O) groups is 3. The third-order valence-electron chi connectivity index (χ3n) is 7.94. The molecule has 5 N–H and O–H groups in total. The fraction of sp³-hybridized carbons (Fsp3) is 0.483. The van der Waals surface area contributed by atoms with E-state index in [9.17, 15) is 39.9 Å². The predicted molar refractivity (Wildman–Crippen MR) is 137 cm³/mol. The number of hydrogen-bond donors (Lipinski definition) is 5. The van der Waals surface area contributed by atoms with E-state index in [4.69, 9.17) is 14.2 Å². The predicted octanol–water partition coefficient (Wildman–Crippen LogP) is 1.84. The lowest BCUT2D eigenvalue weighted by Gasteiger charge is -2.39. The van der Waals surface area contributed by atoms with Crippen LogP contribution in [-0.4, -0.2) is 73.8 Å². The number of fused-ring (bicyclic) bond motifs is 2. The van der Waals surface area contributed by atoms with Gasteiger partial charge >= 0.3 is 5.97 Å². The summed E-state index contributed by atoms with van der Waals surface area (Å²) in [6.07, 6.45) is -2.78. The number of phenols is 1. The first-order valence-corrected chi connectivity index (χ1v) is 13.3. The van der Waals surface area contributed by atoms with Crippen LogP contribution >= 0.6 is 0 Å². The molecule has 214 valence electrons. The van der Waals surface area contributed by atoms with Gasteiger partial charge in [0.15, 0.2) is 11.6 Å². The molecule has 5 unspecified atom stereocenters. The Labute approximate surface area is 229 Å². The molecule has 1 saturated carbocycles. The van der Waals surface area contributed by atoms with Gasteiger partial charge in [0, 0.05) is 29.2 Å². The van der Waals surface area contributed by atoms with Crippen molar-refractivity contribution in [3.8, 4) is 17.2 Å². The highest BCUT2D eigenvalue weighted by Gasteiger charge is 2.44. The second-order valence-corrected chi connectivity index (χ2v) is 10.6. The molecule has 40 heavy (non-hydrogen) atoms. The van der Waals surface area contributed by atoms with Gasteiger partial charge in [0.25, 0.3) is 0 Å². The molecule has 2 aliphatic carbocycles. The topological polar surface area (TPSA) is 180 Å². The van der Waals surface area contributed by atoms with Gasteiger partial charge in [-0.25, -0.2) is 0 Å². The van der Waals surface area contributed by atoms with Crippen LogP contribution in [0.1, 0.15) is 94.8 Å². The molecule has 2 fully saturated rings. The number of phenolic OH excluding ortho intramolecular Hbond substituents is 1. The van der Waals surface area contributed by atoms with Crippen LogP contribution in [0.5, 0.6) is 17.2 Å². The van der Waals surface area contributed by atoms with Crippen LogP contribution < -0.4 is 9.47 Å². The highest BCUT2D eigenvalue weighted by molar-refractivity contribution is 6.30. The summed E-state index contributed by atoms with van der Waals surface area (Å²) in [5.74, 6) is -2.68. The standard InChI is InChI=1S/C29H32O11/c1-12-23(32)27(36)28(37)29(38-12)40-19-10-18-22(26(35)21(19)14-6-4-3-5-7-14)25(34)20-15(11-30)8-16(39-13(2)31)9-17(20)24(18)33/h8-10,12,14,23,27-30,32,35-37H,3-7,11H2,1-2H3. The van der Waals surface area contributed by atoms with E-state index in [-0.39, 0.29) is 50.8 Å². The summed E-state index contributed by atoms with van der Waals surface area (Å²) in [6, 6.07) is 3.85. The number of carbonyl (C=O) groups excluding carboxylic acids is 3. The number of aromatic hydroxyl groups is 1. The first-order valence-electron chi connectivity index (χ1n) is 13.3. The number of ether oxygens (including phenoxy) is 3. The smallest absolute Gasteiger partial charge is 0.308 e. The van der Waals surface area contributed by atoms with E-state index in [0.29, 0.717) is 12.8 Å². The van der Waals surface area contributed by atoms with E-state index in [1.807, 2.05) is 0 Å². The van der Waals surface area contributed by atoms with Gasteiger partial charge in [0.05, 0.1) is 18.3 Å². The zero-order chi connectivity index (χ0) is 28.9. The van der Waals surface area contributed by atoms with Crippen LogP contribution in [0, 0.1) is 0 Å². The normalized spacial score (nSPS) is 26.7. The molecule has 5 atom stereocenters. The molecule has 11 nitrogen and oxygen atoms in total. The molecular weight excluding hydrogens is 524 g/mol. The van der Waals surface area contributed by atoms with Crippen LogP contribution in [-0.2, 0) is 16.1 Å². The number of aliphatic hydroxyl groups is 4. The Kier molecular flexibility index (Phi) is 7.68. The number of rotatable bonds is 5. The molecule has 2 aromatic carbocycles. The number of esters is 1. The Morgan fingerprint density at radius 2 is 1.62 bits per heavy atom. The maximum Gasteiger partial charge on any atom is 0.308 e. The second kappa shape index (κ2) is 10.9. The van der Waals surface area contributed by atoms with Crippen LogP contribution in [0.15, 0.2) is 18.2 Å². The van der Waals surface area contributed by atoms with E-state index in [1.165, 1.54) is 32.0 Å². The summed E-state index contributed by atoms with van der Waals surface area (Å²) in [7, 11) is 0. The van der Waals surface area contributed by atoms with Gasteiger partial charge in [-0.2, -0.15) is 0 Å². The van der Waals surface area contributed by atoms with E-state index >= 15 is 0 Å². The quantitative estimate of drug-likeness (QED) is 0.229. The molecule has 0 amide bonds. The summed E-state index contributed by atoms with van der Waals surface area (Å²) in [6.45, 7) is 2.06. The maximum atomic E-state index is 13.8. The van der Waals surface area contributed by atoms with Crippen LogP contribution in [0.25, 0.3) is 0 Å². The van der Waals surface area contributed by atoms with Crippen molar-refractivity contribution in [2.24, 2.45) is 0 Å². The van der Waals surface area contributed by atoms with Crippen molar-refractivity contribution < 1.29 is 54.1 Å². The Bertz CT molecular complexity index is 1360. The number of aliphatic hydroxyl groups excluding tert-OH is 4. The minimum absolute atomic E-state index is 0.00566. The van der Waals surface area contributed by atoms with Gasteiger partial charge in [0.1, 0.15) is 35.6 Å². The molecule has 11 heteroatoms. The number of hydrogen-bond acceptors (Lipinski definition) is 11. The van der Waals surface area contributed by atoms with E-state index in [1.54, 1.807) is 0 Å². The second-order valence-electron chi connectivity index (χ2n) is 10.6. The first-order chi connectivity index (χ1) is 19.0. The summed E-state index contributed by atoms with van der Waals surface area (Å²) >= 11 is 0. The molecule has 5 rings (SSSR count). The third kappa shape index (κ3) is 4.77. The summed E-state index contributed by atoms with van der Waals surface area (Å²) in [4.78, 5) is 39.1. The monoisotopic (exact) mass is 556 g/mol. The van der Waals surface area contributed by atoms with Crippen molar-refractivity contribution in [1.29, 1.82) is 0 Å². The lowest BCUT2D eigenvalue weighted by atomic mass is 9.77. The van der Waals surface area contributed by atoms with Crippen LogP contribution in [0.2, 0.25) is 0 Å². The fourth-order valence-electron chi connectivity index (χ4n) is 5.93. The molecule has 0 radical (unpaired) electrons. The largest absolute Gasteiger partial charge is 0.507 e. The van der Waals surface area contributed by atoms with Gasteiger partial charge in [-0.15, -0.1) is 0 Å². The Morgan fingerprint density at radius 3 is 2.27 bits per heavy atom. The lowest BCUT2D eigenvalue weighted by molar-refractivity contribution is -0.268. The van der Waals surface area contributed by atoms with E-state index in [0.717, 1.165) is 19.3 Å². The van der Waals surface area contributed by atoms with Crippen LogP contribution in [0.4, 0.5) is 0 Å². The van der Waals surface area contributed by atoms with Crippen molar-refractivity contribution in [2.45, 2.75) is 89.2 Å². The zero-order valence-corrected chi connectivity index (χ0v) is 22.1. The van der Waals surface area contributed by atoms with E-state index < -0.39 is 60.6 Å².